The number of carbonyl (C=O) groups excluding carboxylic acids is 1. The van der Waals surface area contributed by atoms with Crippen molar-refractivity contribution in [3.05, 3.63) is 102 Å². The number of hydrogen-bond acceptors (Lipinski definition) is 2. The van der Waals surface area contributed by atoms with Crippen molar-refractivity contribution in [2.75, 3.05) is 0 Å². The van der Waals surface area contributed by atoms with E-state index >= 15 is 0 Å². The molecular weight excluding hydrogens is 303 g/mol. The highest BCUT2D eigenvalue weighted by Crippen LogP contribution is 2.22. The van der Waals surface area contributed by atoms with Gasteiger partial charge in [0, 0.05) is 5.56 Å². The molecule has 0 N–H and O–H groups in total. The summed E-state index contributed by atoms with van der Waals surface area (Å²) >= 11 is 0. The molecule has 0 saturated heterocycles. The van der Waals surface area contributed by atoms with Gasteiger partial charge in [-0.05, 0) is 48.0 Å². The number of para-hydroxylation sites is 1. The Morgan fingerprint density at radius 3 is 2.38 bits per heavy atom. The summed E-state index contributed by atoms with van der Waals surface area (Å²) in [5, 5.41) is 0. The second-order valence-electron chi connectivity index (χ2n) is 5.20. The minimum atomic E-state index is -0.331. The number of rotatable bonds is 5. The molecule has 0 aliphatic rings. The van der Waals surface area contributed by atoms with Crippen LogP contribution in [0, 0.1) is 5.82 Å². The van der Waals surface area contributed by atoms with Crippen molar-refractivity contribution < 1.29 is 13.9 Å². The minimum absolute atomic E-state index is 0.169. The normalized spacial score (nSPS) is 10.7. The fraction of sp³-hybridized carbons (Fsp3) is 0. The molecule has 0 bridgehead atoms. The molecule has 0 amide bonds. The van der Waals surface area contributed by atoms with Gasteiger partial charge in [-0.1, -0.05) is 48.5 Å². The van der Waals surface area contributed by atoms with Crippen LogP contribution < -0.4 is 4.74 Å². The number of ketones is 1. The number of allylic oxidation sites excluding steroid dienone is 1. The average molecular weight is 318 g/mol. The van der Waals surface area contributed by atoms with Crippen LogP contribution in [-0.4, -0.2) is 5.78 Å². The van der Waals surface area contributed by atoms with E-state index in [0.29, 0.717) is 22.6 Å². The SMILES string of the molecule is O=C(C=Cc1cccc(F)c1)c1cccc(Oc2ccccc2)c1. The van der Waals surface area contributed by atoms with E-state index in [1.807, 2.05) is 30.3 Å². The first-order chi connectivity index (χ1) is 11.7. The lowest BCUT2D eigenvalue weighted by Gasteiger charge is -2.06. The van der Waals surface area contributed by atoms with E-state index in [9.17, 15) is 9.18 Å². The highest BCUT2D eigenvalue weighted by molar-refractivity contribution is 6.07. The van der Waals surface area contributed by atoms with Gasteiger partial charge in [-0.2, -0.15) is 0 Å². The standard InChI is InChI=1S/C21H15FO2/c22-18-8-4-6-16(14-18)12-13-21(23)17-7-5-11-20(15-17)24-19-9-2-1-3-10-19/h1-15H. The maximum Gasteiger partial charge on any atom is 0.185 e. The molecule has 3 rings (SSSR count). The van der Waals surface area contributed by atoms with Gasteiger partial charge in [-0.25, -0.2) is 4.39 Å². The molecule has 0 saturated carbocycles. The Morgan fingerprint density at radius 2 is 1.58 bits per heavy atom. The highest BCUT2D eigenvalue weighted by atomic mass is 19.1. The summed E-state index contributed by atoms with van der Waals surface area (Å²) in [4.78, 5) is 12.3. The fourth-order valence-corrected chi connectivity index (χ4v) is 2.22. The zero-order valence-electron chi connectivity index (χ0n) is 12.9. The number of ether oxygens (including phenoxy) is 1. The van der Waals surface area contributed by atoms with E-state index in [2.05, 4.69) is 0 Å². The van der Waals surface area contributed by atoms with Crippen LogP contribution in [0.4, 0.5) is 4.39 Å². The molecular formula is C21H15FO2. The van der Waals surface area contributed by atoms with Gasteiger partial charge in [0.25, 0.3) is 0 Å². The van der Waals surface area contributed by atoms with Gasteiger partial charge in [-0.15, -0.1) is 0 Å². The van der Waals surface area contributed by atoms with E-state index in [1.165, 1.54) is 18.2 Å². The van der Waals surface area contributed by atoms with Crippen LogP contribution in [0.2, 0.25) is 0 Å². The predicted molar refractivity (Wildman–Crippen MR) is 92.7 cm³/mol. The molecule has 0 unspecified atom stereocenters. The average Bonchev–Trinajstić information content (AvgIpc) is 2.61. The summed E-state index contributed by atoms with van der Waals surface area (Å²) in [5.41, 5.74) is 1.15. The van der Waals surface area contributed by atoms with Gasteiger partial charge < -0.3 is 4.74 Å². The summed E-state index contributed by atoms with van der Waals surface area (Å²) in [5.74, 6) is 0.796. The Bertz CT molecular complexity index is 870. The first-order valence-corrected chi connectivity index (χ1v) is 7.52. The van der Waals surface area contributed by atoms with Crippen molar-refractivity contribution in [3.8, 4) is 11.5 Å². The van der Waals surface area contributed by atoms with Gasteiger partial charge in [0.15, 0.2) is 5.78 Å². The molecule has 0 spiro atoms. The topological polar surface area (TPSA) is 26.3 Å². The maximum absolute atomic E-state index is 13.1. The van der Waals surface area contributed by atoms with Crippen LogP contribution >= 0.6 is 0 Å². The van der Waals surface area contributed by atoms with Crippen LogP contribution in [0.5, 0.6) is 11.5 Å². The first kappa shape index (κ1) is 15.7. The fourth-order valence-electron chi connectivity index (χ4n) is 2.22. The smallest absolute Gasteiger partial charge is 0.185 e. The largest absolute Gasteiger partial charge is 0.457 e. The van der Waals surface area contributed by atoms with Crippen LogP contribution in [0.1, 0.15) is 15.9 Å². The van der Waals surface area contributed by atoms with E-state index in [1.54, 1.807) is 42.5 Å². The third-order valence-corrected chi connectivity index (χ3v) is 3.37. The predicted octanol–water partition coefficient (Wildman–Crippen LogP) is 5.51. The van der Waals surface area contributed by atoms with Crippen molar-refractivity contribution in [1.82, 2.24) is 0 Å². The molecule has 0 atom stereocenters. The van der Waals surface area contributed by atoms with E-state index in [4.69, 9.17) is 4.74 Å². The number of hydrogen-bond donors (Lipinski definition) is 0. The second-order valence-corrected chi connectivity index (χ2v) is 5.20. The Balaban J connectivity index is 1.74. The monoisotopic (exact) mass is 318 g/mol. The van der Waals surface area contributed by atoms with E-state index in [0.717, 1.165) is 0 Å². The summed E-state index contributed by atoms with van der Waals surface area (Å²) in [7, 11) is 0. The van der Waals surface area contributed by atoms with E-state index < -0.39 is 0 Å². The third-order valence-electron chi connectivity index (χ3n) is 3.37. The maximum atomic E-state index is 13.1. The summed E-state index contributed by atoms with van der Waals surface area (Å²) in [6.07, 6.45) is 3.02. The molecule has 2 nitrogen and oxygen atoms in total. The number of halogens is 1. The Morgan fingerprint density at radius 1 is 0.833 bits per heavy atom. The molecule has 0 fully saturated rings. The molecule has 0 radical (unpaired) electrons. The molecule has 118 valence electrons. The Hall–Kier alpha value is -3.20. The Labute approximate surface area is 139 Å². The lowest BCUT2D eigenvalue weighted by atomic mass is 10.1. The van der Waals surface area contributed by atoms with E-state index in [-0.39, 0.29) is 11.6 Å². The molecule has 0 aliphatic carbocycles. The molecule has 0 heterocycles. The quantitative estimate of drug-likeness (QED) is 0.458. The van der Waals surface area contributed by atoms with Crippen LogP contribution in [0.25, 0.3) is 6.08 Å². The van der Waals surface area contributed by atoms with Gasteiger partial charge in [-0.3, -0.25) is 4.79 Å². The molecule has 3 heteroatoms. The minimum Gasteiger partial charge on any atom is -0.457 e. The number of carbonyl (C=O) groups is 1. The first-order valence-electron chi connectivity index (χ1n) is 7.52. The second kappa shape index (κ2) is 7.38. The molecule has 0 aliphatic heterocycles. The van der Waals surface area contributed by atoms with Crippen LogP contribution in [0.3, 0.4) is 0 Å². The molecule has 24 heavy (non-hydrogen) atoms. The van der Waals surface area contributed by atoms with Crippen LogP contribution in [-0.2, 0) is 0 Å². The van der Waals surface area contributed by atoms with Crippen molar-refractivity contribution >= 4 is 11.9 Å². The van der Waals surface area contributed by atoms with Gasteiger partial charge in [0.1, 0.15) is 17.3 Å². The summed E-state index contributed by atoms with van der Waals surface area (Å²) in [6, 6.07) is 22.4. The van der Waals surface area contributed by atoms with Crippen molar-refractivity contribution in [2.24, 2.45) is 0 Å². The van der Waals surface area contributed by atoms with Crippen molar-refractivity contribution in [2.45, 2.75) is 0 Å². The van der Waals surface area contributed by atoms with Gasteiger partial charge in [0.2, 0.25) is 0 Å². The summed E-state index contributed by atoms with van der Waals surface area (Å²) in [6.45, 7) is 0. The summed E-state index contributed by atoms with van der Waals surface area (Å²) < 4.78 is 18.9. The van der Waals surface area contributed by atoms with Crippen molar-refractivity contribution in [1.29, 1.82) is 0 Å². The number of benzene rings is 3. The van der Waals surface area contributed by atoms with Gasteiger partial charge in [0.05, 0.1) is 0 Å². The molecule has 0 aromatic heterocycles. The van der Waals surface area contributed by atoms with Crippen molar-refractivity contribution in [3.63, 3.8) is 0 Å². The lowest BCUT2D eigenvalue weighted by Crippen LogP contribution is -1.95. The van der Waals surface area contributed by atoms with Gasteiger partial charge >= 0.3 is 0 Å². The zero-order valence-corrected chi connectivity index (χ0v) is 12.9. The highest BCUT2D eigenvalue weighted by Gasteiger charge is 2.04. The third kappa shape index (κ3) is 4.17. The molecule has 3 aromatic rings. The zero-order chi connectivity index (χ0) is 16.8. The lowest BCUT2D eigenvalue weighted by molar-refractivity contribution is 0.104. The van der Waals surface area contributed by atoms with Crippen LogP contribution in [0.15, 0.2) is 84.9 Å². The Kier molecular flexibility index (Phi) is 4.82. The molecule has 3 aromatic carbocycles.